The van der Waals surface area contributed by atoms with Crippen molar-refractivity contribution in [2.75, 3.05) is 0 Å². The molecule has 98 valence electrons. The molecule has 0 radical (unpaired) electrons. The number of nitrogens with zero attached hydrogens (tertiary/aromatic N) is 1. The van der Waals surface area contributed by atoms with Crippen molar-refractivity contribution in [1.29, 1.82) is 0 Å². The molecule has 2 rings (SSSR count). The van der Waals surface area contributed by atoms with E-state index in [1.54, 1.807) is 0 Å². The van der Waals surface area contributed by atoms with E-state index in [9.17, 15) is 9.60 Å². The molecule has 3 heteroatoms. The maximum atomic E-state index is 13.7. The van der Waals surface area contributed by atoms with Crippen LogP contribution in [0.5, 0.6) is 0 Å². The Kier molecular flexibility index (Phi) is 3.42. The van der Waals surface area contributed by atoms with Crippen LogP contribution in [0.1, 0.15) is 45.7 Å². The Morgan fingerprint density at radius 1 is 1.39 bits per heavy atom. The molecule has 0 fully saturated rings. The van der Waals surface area contributed by atoms with Crippen LogP contribution in [0.15, 0.2) is 24.4 Å². The average Bonchev–Trinajstić information content (AvgIpc) is 2.28. The molecule has 18 heavy (non-hydrogen) atoms. The van der Waals surface area contributed by atoms with Crippen LogP contribution in [0.4, 0.5) is 4.39 Å². The van der Waals surface area contributed by atoms with Crippen LogP contribution in [0, 0.1) is 22.4 Å². The summed E-state index contributed by atoms with van der Waals surface area (Å²) in [6.07, 6.45) is 6.11. The summed E-state index contributed by atoms with van der Waals surface area (Å²) in [5.41, 5.74) is 1.32. The van der Waals surface area contributed by atoms with Crippen molar-refractivity contribution in [3.8, 4) is 0 Å². The first kappa shape index (κ1) is 13.1. The molecule has 0 aromatic carbocycles. The lowest BCUT2D eigenvalue weighted by Crippen LogP contribution is -2.33. The molecule has 0 spiro atoms. The molecule has 1 aliphatic carbocycles. The Bertz CT molecular complexity index is 454. The Morgan fingerprint density at radius 2 is 2.11 bits per heavy atom. The fourth-order valence-corrected chi connectivity index (χ4v) is 2.60. The van der Waals surface area contributed by atoms with Crippen LogP contribution in [0.2, 0.25) is 0 Å². The van der Waals surface area contributed by atoms with E-state index in [2.05, 4.69) is 20.8 Å². The molecule has 0 bridgehead atoms. The molecule has 1 heterocycles. The molecule has 0 saturated heterocycles. The third-order valence-electron chi connectivity index (χ3n) is 3.85. The van der Waals surface area contributed by atoms with Gasteiger partial charge in [-0.2, -0.15) is 9.12 Å². The van der Waals surface area contributed by atoms with Crippen molar-refractivity contribution < 1.29 is 9.12 Å². The van der Waals surface area contributed by atoms with Gasteiger partial charge >= 0.3 is 0 Å². The molecule has 1 unspecified atom stereocenters. The van der Waals surface area contributed by atoms with Gasteiger partial charge in [0, 0.05) is 11.6 Å². The van der Waals surface area contributed by atoms with Gasteiger partial charge in [0.2, 0.25) is 0 Å². The minimum Gasteiger partial charge on any atom is -0.618 e. The van der Waals surface area contributed by atoms with Gasteiger partial charge in [0.1, 0.15) is 0 Å². The molecule has 1 aliphatic rings. The molecular weight excluding hydrogens is 229 g/mol. The van der Waals surface area contributed by atoms with Crippen molar-refractivity contribution in [3.05, 3.63) is 41.1 Å². The van der Waals surface area contributed by atoms with Gasteiger partial charge < -0.3 is 5.21 Å². The SMILES string of the molecule is CC(C)(C)C1CC=C(c2c(F)ccc[n+]2[O-])CC1. The predicted molar refractivity (Wildman–Crippen MR) is 70.1 cm³/mol. The molecular formula is C15H20FNO. The van der Waals surface area contributed by atoms with Crippen molar-refractivity contribution in [2.45, 2.75) is 40.0 Å². The summed E-state index contributed by atoms with van der Waals surface area (Å²) < 4.78 is 14.3. The van der Waals surface area contributed by atoms with Crippen molar-refractivity contribution >= 4 is 5.57 Å². The number of rotatable bonds is 1. The van der Waals surface area contributed by atoms with E-state index in [-0.39, 0.29) is 11.1 Å². The first-order valence-electron chi connectivity index (χ1n) is 6.46. The highest BCUT2D eigenvalue weighted by Crippen LogP contribution is 2.39. The third kappa shape index (κ3) is 2.55. The molecule has 1 atom stereocenters. The van der Waals surface area contributed by atoms with E-state index in [1.165, 1.54) is 18.3 Å². The van der Waals surface area contributed by atoms with Gasteiger partial charge in [-0.1, -0.05) is 26.8 Å². The lowest BCUT2D eigenvalue weighted by atomic mass is 9.73. The minimum absolute atomic E-state index is 0.199. The van der Waals surface area contributed by atoms with Gasteiger partial charge in [0.25, 0.3) is 5.69 Å². The van der Waals surface area contributed by atoms with E-state index in [1.807, 2.05) is 6.08 Å². The number of pyridine rings is 1. The zero-order chi connectivity index (χ0) is 13.3. The first-order chi connectivity index (χ1) is 8.39. The van der Waals surface area contributed by atoms with Gasteiger partial charge in [-0.15, -0.1) is 0 Å². The average molecular weight is 249 g/mol. The summed E-state index contributed by atoms with van der Waals surface area (Å²) in [7, 11) is 0. The zero-order valence-corrected chi connectivity index (χ0v) is 11.2. The fourth-order valence-electron chi connectivity index (χ4n) is 2.60. The maximum absolute atomic E-state index is 13.7. The molecule has 0 saturated carbocycles. The Morgan fingerprint density at radius 3 is 2.61 bits per heavy atom. The van der Waals surface area contributed by atoms with Crippen LogP contribution in [-0.4, -0.2) is 0 Å². The van der Waals surface area contributed by atoms with Crippen LogP contribution >= 0.6 is 0 Å². The summed E-state index contributed by atoms with van der Waals surface area (Å²) in [5, 5.41) is 11.7. The number of halogens is 1. The van der Waals surface area contributed by atoms with Gasteiger partial charge in [0.05, 0.1) is 0 Å². The Labute approximate surface area is 108 Å². The largest absolute Gasteiger partial charge is 0.618 e. The lowest BCUT2D eigenvalue weighted by Gasteiger charge is -2.32. The third-order valence-corrected chi connectivity index (χ3v) is 3.85. The fraction of sp³-hybridized carbons (Fsp3) is 0.533. The van der Waals surface area contributed by atoms with Crippen molar-refractivity contribution in [2.24, 2.45) is 11.3 Å². The molecule has 1 aromatic heterocycles. The van der Waals surface area contributed by atoms with E-state index in [4.69, 9.17) is 0 Å². The van der Waals surface area contributed by atoms with Gasteiger partial charge in [-0.3, -0.25) is 0 Å². The molecule has 1 aromatic rings. The van der Waals surface area contributed by atoms with Crippen molar-refractivity contribution in [3.63, 3.8) is 0 Å². The smallest absolute Gasteiger partial charge is 0.255 e. The lowest BCUT2D eigenvalue weighted by molar-refractivity contribution is -0.609. The summed E-state index contributed by atoms with van der Waals surface area (Å²) in [6, 6.07) is 2.79. The highest BCUT2D eigenvalue weighted by Gasteiger charge is 2.29. The van der Waals surface area contributed by atoms with Crippen LogP contribution in [0.25, 0.3) is 5.57 Å². The van der Waals surface area contributed by atoms with Crippen molar-refractivity contribution in [1.82, 2.24) is 0 Å². The number of aromatic nitrogens is 1. The second-order valence-corrected chi connectivity index (χ2v) is 6.10. The van der Waals surface area contributed by atoms with E-state index < -0.39 is 5.82 Å². The molecule has 0 amide bonds. The van der Waals surface area contributed by atoms with E-state index in [0.29, 0.717) is 10.6 Å². The summed E-state index contributed by atoms with van der Waals surface area (Å²) in [6.45, 7) is 6.69. The van der Waals surface area contributed by atoms with E-state index in [0.717, 1.165) is 24.8 Å². The Balaban J connectivity index is 2.25. The van der Waals surface area contributed by atoms with Crippen LogP contribution in [-0.2, 0) is 0 Å². The van der Waals surface area contributed by atoms with Gasteiger partial charge in [-0.25, -0.2) is 0 Å². The maximum Gasteiger partial charge on any atom is 0.255 e. The number of allylic oxidation sites excluding steroid dienone is 2. The molecule has 2 nitrogen and oxygen atoms in total. The second-order valence-electron chi connectivity index (χ2n) is 6.10. The molecule has 0 aliphatic heterocycles. The van der Waals surface area contributed by atoms with Crippen LogP contribution < -0.4 is 4.73 Å². The standard InChI is InChI=1S/C15H20FNO/c1-15(2,3)12-8-6-11(7-9-12)14-13(16)5-4-10-17(14)18/h4-6,10,12H,7-9H2,1-3H3. The summed E-state index contributed by atoms with van der Waals surface area (Å²) >= 11 is 0. The predicted octanol–water partition coefficient (Wildman–Crippen LogP) is 3.69. The quantitative estimate of drug-likeness (QED) is 0.551. The van der Waals surface area contributed by atoms with Gasteiger partial charge in [-0.05, 0) is 36.7 Å². The van der Waals surface area contributed by atoms with Crippen LogP contribution in [0.3, 0.4) is 0 Å². The second kappa shape index (κ2) is 4.71. The van der Waals surface area contributed by atoms with E-state index >= 15 is 0 Å². The topological polar surface area (TPSA) is 26.9 Å². The molecule has 0 N–H and O–H groups in total. The highest BCUT2D eigenvalue weighted by atomic mass is 19.1. The Hall–Kier alpha value is -1.38. The minimum atomic E-state index is -0.423. The summed E-state index contributed by atoms with van der Waals surface area (Å²) in [5.74, 6) is 0.182. The first-order valence-corrected chi connectivity index (χ1v) is 6.46. The normalized spacial score (nSPS) is 20.7. The number of hydrogen-bond donors (Lipinski definition) is 0. The zero-order valence-electron chi connectivity index (χ0n) is 11.2. The summed E-state index contributed by atoms with van der Waals surface area (Å²) in [4.78, 5) is 0. The monoisotopic (exact) mass is 249 g/mol. The highest BCUT2D eigenvalue weighted by molar-refractivity contribution is 5.61. The van der Waals surface area contributed by atoms with Gasteiger partial charge in [0.15, 0.2) is 12.0 Å². The number of hydrogen-bond acceptors (Lipinski definition) is 1.